The molecule has 0 radical (unpaired) electrons. The van der Waals surface area contributed by atoms with Gasteiger partial charge in [-0.3, -0.25) is 8.77 Å². The van der Waals surface area contributed by atoms with Gasteiger partial charge in [0, 0.05) is 49.6 Å². The first kappa shape index (κ1) is 16.8. The number of carbonyl (C=O) groups excluding carboxylic acids is 1. The van der Waals surface area contributed by atoms with E-state index in [9.17, 15) is 4.79 Å². The molecule has 2 aromatic rings. The highest BCUT2D eigenvalue weighted by atomic mass is 127. The van der Waals surface area contributed by atoms with Crippen LogP contribution in [0, 0.1) is 5.92 Å². The van der Waals surface area contributed by atoms with Crippen LogP contribution in [-0.2, 0) is 9.53 Å². The first-order valence-electron chi connectivity index (χ1n) is 7.52. The van der Waals surface area contributed by atoms with Crippen molar-refractivity contribution in [1.82, 2.24) is 18.9 Å². The second-order valence-electron chi connectivity index (χ2n) is 5.32. The molecule has 1 saturated heterocycles. The summed E-state index contributed by atoms with van der Waals surface area (Å²) >= 11 is 2.22. The Morgan fingerprint density at radius 2 is 2.43 bits per heavy atom. The first-order chi connectivity index (χ1) is 11.2. The number of halogens is 1. The minimum absolute atomic E-state index is 0.0805. The van der Waals surface area contributed by atoms with Gasteiger partial charge in [-0.25, -0.2) is 15.0 Å². The van der Waals surface area contributed by atoms with Gasteiger partial charge in [0.2, 0.25) is 0 Å². The van der Waals surface area contributed by atoms with Crippen molar-refractivity contribution < 1.29 is 9.53 Å². The molecule has 0 saturated carbocycles. The molecule has 7 nitrogen and oxygen atoms in total. The van der Waals surface area contributed by atoms with Crippen LogP contribution in [0.3, 0.4) is 0 Å². The van der Waals surface area contributed by atoms with Crippen molar-refractivity contribution in [2.45, 2.75) is 19.8 Å². The smallest absolute Gasteiger partial charge is 0.310 e. The van der Waals surface area contributed by atoms with Crippen LogP contribution in [-0.4, -0.2) is 44.6 Å². The van der Waals surface area contributed by atoms with Crippen LogP contribution in [0.15, 0.2) is 18.6 Å². The third-order valence-electron chi connectivity index (χ3n) is 3.83. The number of ether oxygens (including phenoxy) is 1. The lowest BCUT2D eigenvalue weighted by atomic mass is 9.99. The van der Waals surface area contributed by atoms with Gasteiger partial charge in [-0.1, -0.05) is 0 Å². The largest absolute Gasteiger partial charge is 0.466 e. The fourth-order valence-electron chi connectivity index (χ4n) is 2.75. The van der Waals surface area contributed by atoms with Gasteiger partial charge in [-0.05, 0) is 25.8 Å². The van der Waals surface area contributed by atoms with Crippen LogP contribution in [0.1, 0.15) is 19.8 Å². The molecule has 1 N–H and O–H groups in total. The van der Waals surface area contributed by atoms with Crippen molar-refractivity contribution in [3.63, 3.8) is 0 Å². The Morgan fingerprint density at radius 3 is 3.22 bits per heavy atom. The second-order valence-corrected chi connectivity index (χ2v) is 7.03. The van der Waals surface area contributed by atoms with Gasteiger partial charge in [-0.2, -0.15) is 0 Å². The van der Waals surface area contributed by atoms with Gasteiger partial charge in [-0.15, -0.1) is 0 Å². The van der Waals surface area contributed by atoms with Crippen molar-refractivity contribution in [3.8, 4) is 0 Å². The van der Waals surface area contributed by atoms with Crippen molar-refractivity contribution in [2.24, 2.45) is 5.92 Å². The summed E-state index contributed by atoms with van der Waals surface area (Å²) in [6, 6.07) is 2.00. The lowest BCUT2D eigenvalue weighted by molar-refractivity contribution is -0.149. The van der Waals surface area contributed by atoms with E-state index in [1.165, 1.54) is 0 Å². The molecule has 124 valence electrons. The Morgan fingerprint density at radius 1 is 1.57 bits per heavy atom. The third kappa shape index (κ3) is 3.72. The fraction of sp³-hybridized carbons (Fsp3) is 0.500. The summed E-state index contributed by atoms with van der Waals surface area (Å²) in [5.41, 5.74) is 4.21. The average Bonchev–Trinajstić information content (AvgIpc) is 2.99. The molecule has 3 rings (SSSR count). The minimum atomic E-state index is -0.112. The van der Waals surface area contributed by atoms with E-state index in [0.717, 1.165) is 36.2 Å². The van der Waals surface area contributed by atoms with Crippen LogP contribution < -0.4 is 5.43 Å². The number of hydrogen-bond donors (Lipinski definition) is 1. The lowest BCUT2D eigenvalue weighted by Gasteiger charge is -2.31. The molecule has 0 aliphatic carbocycles. The first-order valence-corrected chi connectivity index (χ1v) is 10.8. The summed E-state index contributed by atoms with van der Waals surface area (Å²) in [6.45, 7) is 3.77. The van der Waals surface area contributed by atoms with Gasteiger partial charge in [0.1, 0.15) is 6.33 Å². The Bertz CT molecular complexity index is 695. The molecule has 1 aliphatic heterocycles. The SMILES string of the molecule is CCOC(=O)C1CCCN(Nc2ncnc3c2ccn3SI)C1. The minimum Gasteiger partial charge on any atom is -0.466 e. The summed E-state index contributed by atoms with van der Waals surface area (Å²) in [7, 11) is 1.56. The van der Waals surface area contributed by atoms with Crippen LogP contribution in [0.25, 0.3) is 11.0 Å². The van der Waals surface area contributed by atoms with Gasteiger partial charge in [0.05, 0.1) is 17.9 Å². The quantitative estimate of drug-likeness (QED) is 0.558. The molecule has 23 heavy (non-hydrogen) atoms. The number of piperidine rings is 1. The number of hydrogen-bond acceptors (Lipinski definition) is 7. The molecule has 0 amide bonds. The van der Waals surface area contributed by atoms with Crippen molar-refractivity contribution in [1.29, 1.82) is 0 Å². The number of nitrogens with one attached hydrogen (secondary N) is 1. The number of anilines is 1. The highest BCUT2D eigenvalue weighted by molar-refractivity contribution is 14.2. The van der Waals surface area contributed by atoms with Crippen LogP contribution in [0.5, 0.6) is 0 Å². The van der Waals surface area contributed by atoms with E-state index in [1.807, 2.05) is 28.2 Å². The predicted molar refractivity (Wildman–Crippen MR) is 99.1 cm³/mol. The maximum absolute atomic E-state index is 11.9. The number of rotatable bonds is 5. The number of esters is 1. The molecular weight excluding hydrogens is 429 g/mol. The van der Waals surface area contributed by atoms with E-state index >= 15 is 0 Å². The van der Waals surface area contributed by atoms with Crippen molar-refractivity contribution >= 4 is 53.1 Å². The molecule has 1 fully saturated rings. The van der Waals surface area contributed by atoms with Gasteiger partial charge >= 0.3 is 5.97 Å². The van der Waals surface area contributed by atoms with E-state index in [4.69, 9.17) is 4.74 Å². The van der Waals surface area contributed by atoms with Crippen molar-refractivity contribution in [3.05, 3.63) is 18.6 Å². The Labute approximate surface area is 150 Å². The molecule has 0 spiro atoms. The van der Waals surface area contributed by atoms with E-state index < -0.39 is 0 Å². The molecule has 2 aromatic heterocycles. The summed E-state index contributed by atoms with van der Waals surface area (Å²) in [4.78, 5) is 20.6. The topological polar surface area (TPSA) is 72.3 Å². The van der Waals surface area contributed by atoms with Gasteiger partial charge < -0.3 is 10.2 Å². The monoisotopic (exact) mass is 447 g/mol. The number of carbonyl (C=O) groups is 1. The zero-order valence-corrected chi connectivity index (χ0v) is 15.7. The zero-order valence-electron chi connectivity index (χ0n) is 12.7. The number of nitrogens with zero attached hydrogens (tertiary/aromatic N) is 4. The lowest BCUT2D eigenvalue weighted by Crippen LogP contribution is -2.42. The average molecular weight is 447 g/mol. The summed E-state index contributed by atoms with van der Waals surface area (Å²) in [5.74, 6) is 0.575. The summed E-state index contributed by atoms with van der Waals surface area (Å²) < 4.78 is 7.13. The van der Waals surface area contributed by atoms with E-state index in [-0.39, 0.29) is 11.9 Å². The standard InChI is InChI=1S/C14H18IN5O2S/c1-2-22-14(21)10-4-3-6-19(8-10)18-12-11-5-7-20(23-15)13(11)17-9-16-12/h5,7,9-10H,2-4,6,8H2,1H3,(H,16,17,18). The van der Waals surface area contributed by atoms with Crippen LogP contribution >= 0.6 is 30.3 Å². The second kappa shape index (κ2) is 7.67. The highest BCUT2D eigenvalue weighted by Crippen LogP contribution is 2.27. The van der Waals surface area contributed by atoms with Crippen LogP contribution in [0.2, 0.25) is 0 Å². The molecule has 9 heteroatoms. The van der Waals surface area contributed by atoms with Crippen molar-refractivity contribution in [2.75, 3.05) is 25.1 Å². The molecule has 0 aromatic carbocycles. The fourth-order valence-corrected chi connectivity index (χ4v) is 4.03. The molecule has 3 heterocycles. The number of aromatic nitrogens is 3. The molecule has 1 aliphatic rings. The predicted octanol–water partition coefficient (Wildman–Crippen LogP) is 2.88. The van der Waals surface area contributed by atoms with E-state index in [2.05, 4.69) is 36.6 Å². The maximum Gasteiger partial charge on any atom is 0.310 e. The molecular formula is C14H18IN5O2S. The van der Waals surface area contributed by atoms with E-state index in [0.29, 0.717) is 13.2 Å². The molecule has 1 unspecified atom stereocenters. The number of fused-ring (bicyclic) bond motifs is 1. The number of hydrazine groups is 1. The normalized spacial score (nSPS) is 19.0. The van der Waals surface area contributed by atoms with Gasteiger partial charge in [0.25, 0.3) is 0 Å². The van der Waals surface area contributed by atoms with Crippen LogP contribution in [0.4, 0.5) is 5.82 Å². The maximum atomic E-state index is 11.9. The molecule has 0 bridgehead atoms. The third-order valence-corrected chi connectivity index (χ3v) is 5.54. The van der Waals surface area contributed by atoms with E-state index in [1.54, 1.807) is 15.4 Å². The Balaban J connectivity index is 1.74. The highest BCUT2D eigenvalue weighted by Gasteiger charge is 2.27. The Hall–Kier alpha value is -1.07. The zero-order chi connectivity index (χ0) is 16.2. The summed E-state index contributed by atoms with van der Waals surface area (Å²) in [5, 5.41) is 3.01. The van der Waals surface area contributed by atoms with Gasteiger partial charge in [0.15, 0.2) is 11.5 Å². The Kier molecular flexibility index (Phi) is 5.59. The summed E-state index contributed by atoms with van der Waals surface area (Å²) in [6.07, 6.45) is 5.35. The molecule has 1 atom stereocenters.